The molecule has 144 valence electrons. The van der Waals surface area contributed by atoms with E-state index in [1.807, 2.05) is 43.3 Å². The molecule has 6 nitrogen and oxygen atoms in total. The minimum atomic E-state index is -0.593. The van der Waals surface area contributed by atoms with Gasteiger partial charge in [0.05, 0.1) is 5.39 Å². The summed E-state index contributed by atoms with van der Waals surface area (Å²) in [4.78, 5) is 34.8. The number of rotatable bonds is 5. The standard InChI is InChI=1S/C22H24N4O2/c1-2-19(21(27)23-13-15-8-4-3-5-9-15)26-14-24-20-17(22(26)28)12-16-10-6-7-11-18(16)25-20/h3-5,8-9,12,14,19H,2,6-7,10-11,13H2,1H3,(H,23,27)/t19-/m0/s1. The second-order valence-electron chi connectivity index (χ2n) is 7.26. The smallest absolute Gasteiger partial charge is 0.263 e. The van der Waals surface area contributed by atoms with Crippen LogP contribution in [0.25, 0.3) is 11.0 Å². The van der Waals surface area contributed by atoms with Crippen LogP contribution in [0.4, 0.5) is 0 Å². The molecule has 4 rings (SSSR count). The van der Waals surface area contributed by atoms with Gasteiger partial charge in [0.15, 0.2) is 5.65 Å². The van der Waals surface area contributed by atoms with Gasteiger partial charge in [0.25, 0.3) is 5.56 Å². The first-order chi connectivity index (χ1) is 13.7. The van der Waals surface area contributed by atoms with Crippen LogP contribution in [0.1, 0.15) is 49.0 Å². The molecule has 0 radical (unpaired) electrons. The van der Waals surface area contributed by atoms with Crippen LogP contribution in [0, 0.1) is 0 Å². The highest BCUT2D eigenvalue weighted by molar-refractivity contribution is 5.81. The van der Waals surface area contributed by atoms with E-state index in [4.69, 9.17) is 0 Å². The summed E-state index contributed by atoms with van der Waals surface area (Å²) in [7, 11) is 0. The average Bonchev–Trinajstić information content (AvgIpc) is 2.74. The van der Waals surface area contributed by atoms with E-state index in [2.05, 4.69) is 15.3 Å². The zero-order valence-corrected chi connectivity index (χ0v) is 16.0. The van der Waals surface area contributed by atoms with E-state index in [0.29, 0.717) is 24.0 Å². The predicted octanol–water partition coefficient (Wildman–Crippen LogP) is 2.94. The second-order valence-corrected chi connectivity index (χ2v) is 7.26. The Bertz CT molecular complexity index is 1060. The molecule has 3 aromatic rings. The molecule has 1 atom stereocenters. The quantitative estimate of drug-likeness (QED) is 0.743. The lowest BCUT2D eigenvalue weighted by Crippen LogP contribution is -2.37. The number of carbonyl (C=O) groups is 1. The normalized spacial score (nSPS) is 14.5. The Morgan fingerprint density at radius 1 is 1.21 bits per heavy atom. The van der Waals surface area contributed by atoms with Crippen molar-refractivity contribution in [2.75, 3.05) is 0 Å². The van der Waals surface area contributed by atoms with Gasteiger partial charge in [-0.3, -0.25) is 14.2 Å². The van der Waals surface area contributed by atoms with Gasteiger partial charge in [-0.15, -0.1) is 0 Å². The molecule has 1 aromatic carbocycles. The van der Waals surface area contributed by atoms with Crippen LogP contribution in [0.2, 0.25) is 0 Å². The SMILES string of the molecule is CC[C@@H](C(=O)NCc1ccccc1)n1cnc2nc3c(cc2c1=O)CCCC3. The van der Waals surface area contributed by atoms with Crippen molar-refractivity contribution in [1.82, 2.24) is 19.9 Å². The van der Waals surface area contributed by atoms with E-state index >= 15 is 0 Å². The largest absolute Gasteiger partial charge is 0.350 e. The van der Waals surface area contributed by atoms with Gasteiger partial charge in [-0.25, -0.2) is 9.97 Å². The topological polar surface area (TPSA) is 76.9 Å². The summed E-state index contributed by atoms with van der Waals surface area (Å²) >= 11 is 0. The van der Waals surface area contributed by atoms with Gasteiger partial charge in [-0.2, -0.15) is 0 Å². The molecule has 2 aromatic heterocycles. The lowest BCUT2D eigenvalue weighted by molar-refractivity contribution is -0.124. The number of nitrogens with one attached hydrogen (secondary N) is 1. The summed E-state index contributed by atoms with van der Waals surface area (Å²) < 4.78 is 1.44. The molecule has 0 unspecified atom stereocenters. The molecule has 2 heterocycles. The highest BCUT2D eigenvalue weighted by atomic mass is 16.2. The number of benzene rings is 1. The van der Waals surface area contributed by atoms with Crippen molar-refractivity contribution in [3.63, 3.8) is 0 Å². The van der Waals surface area contributed by atoms with Crippen LogP contribution in [-0.4, -0.2) is 20.4 Å². The molecule has 0 aliphatic heterocycles. The molecule has 1 N–H and O–H groups in total. The van der Waals surface area contributed by atoms with Gasteiger partial charge in [0, 0.05) is 12.2 Å². The number of fused-ring (bicyclic) bond motifs is 2. The number of hydrogen-bond acceptors (Lipinski definition) is 4. The Kier molecular flexibility index (Phi) is 5.19. The van der Waals surface area contributed by atoms with Crippen LogP contribution < -0.4 is 10.9 Å². The summed E-state index contributed by atoms with van der Waals surface area (Å²) in [5.74, 6) is -0.180. The molecular formula is C22H24N4O2. The number of aromatic nitrogens is 3. The summed E-state index contributed by atoms with van der Waals surface area (Å²) in [6.45, 7) is 2.33. The van der Waals surface area contributed by atoms with Gasteiger partial charge in [0.1, 0.15) is 12.4 Å². The number of amides is 1. The molecular weight excluding hydrogens is 352 g/mol. The molecule has 1 aliphatic carbocycles. The third-order valence-corrected chi connectivity index (χ3v) is 5.38. The van der Waals surface area contributed by atoms with Crippen LogP contribution in [0.15, 0.2) is 47.5 Å². The maximum atomic E-state index is 13.1. The third kappa shape index (κ3) is 3.54. The first-order valence-corrected chi connectivity index (χ1v) is 9.88. The van der Waals surface area contributed by atoms with E-state index in [1.54, 1.807) is 0 Å². The Hall–Kier alpha value is -3.02. The zero-order valence-electron chi connectivity index (χ0n) is 16.0. The number of hydrogen-bond donors (Lipinski definition) is 1. The zero-order chi connectivity index (χ0) is 19.5. The highest BCUT2D eigenvalue weighted by Gasteiger charge is 2.22. The molecule has 0 saturated heterocycles. The third-order valence-electron chi connectivity index (χ3n) is 5.38. The lowest BCUT2D eigenvalue weighted by atomic mass is 9.95. The van der Waals surface area contributed by atoms with E-state index in [0.717, 1.165) is 42.5 Å². The fourth-order valence-electron chi connectivity index (χ4n) is 3.82. The lowest BCUT2D eigenvalue weighted by Gasteiger charge is -2.19. The van der Waals surface area contributed by atoms with Gasteiger partial charge in [-0.05, 0) is 49.3 Å². The maximum absolute atomic E-state index is 13.1. The fourth-order valence-corrected chi connectivity index (χ4v) is 3.82. The molecule has 1 aliphatic rings. The number of pyridine rings is 1. The molecule has 0 spiro atoms. The molecule has 0 saturated carbocycles. The fraction of sp³-hybridized carbons (Fsp3) is 0.364. The van der Waals surface area contributed by atoms with E-state index in [1.165, 1.54) is 10.9 Å². The van der Waals surface area contributed by atoms with E-state index < -0.39 is 6.04 Å². The minimum absolute atomic E-state index is 0.180. The van der Waals surface area contributed by atoms with Gasteiger partial charge in [-0.1, -0.05) is 37.3 Å². The summed E-state index contributed by atoms with van der Waals surface area (Å²) in [5, 5.41) is 3.43. The van der Waals surface area contributed by atoms with Crippen LogP contribution in [0.3, 0.4) is 0 Å². The first kappa shape index (κ1) is 18.3. The Morgan fingerprint density at radius 2 is 2.00 bits per heavy atom. The van der Waals surface area contributed by atoms with Crippen LogP contribution >= 0.6 is 0 Å². The van der Waals surface area contributed by atoms with Crippen molar-refractivity contribution in [1.29, 1.82) is 0 Å². The minimum Gasteiger partial charge on any atom is -0.350 e. The van der Waals surface area contributed by atoms with Crippen molar-refractivity contribution in [2.45, 2.75) is 51.6 Å². The van der Waals surface area contributed by atoms with Gasteiger partial charge < -0.3 is 5.32 Å². The second kappa shape index (κ2) is 7.92. The van der Waals surface area contributed by atoms with E-state index in [-0.39, 0.29) is 11.5 Å². The van der Waals surface area contributed by atoms with Crippen molar-refractivity contribution < 1.29 is 4.79 Å². The first-order valence-electron chi connectivity index (χ1n) is 9.88. The monoisotopic (exact) mass is 376 g/mol. The number of carbonyl (C=O) groups excluding carboxylic acids is 1. The maximum Gasteiger partial charge on any atom is 0.263 e. The van der Waals surface area contributed by atoms with Crippen molar-refractivity contribution in [2.24, 2.45) is 0 Å². The van der Waals surface area contributed by atoms with Gasteiger partial charge >= 0.3 is 0 Å². The summed E-state index contributed by atoms with van der Waals surface area (Å²) in [6, 6.07) is 11.1. The Balaban J connectivity index is 1.63. The average molecular weight is 376 g/mol. The number of aryl methyl sites for hydroxylation is 2. The summed E-state index contributed by atoms with van der Waals surface area (Å²) in [6.07, 6.45) is 6.10. The van der Waals surface area contributed by atoms with E-state index in [9.17, 15) is 9.59 Å². The Morgan fingerprint density at radius 3 is 2.79 bits per heavy atom. The Labute approximate surface area is 163 Å². The van der Waals surface area contributed by atoms with Crippen molar-refractivity contribution in [3.8, 4) is 0 Å². The van der Waals surface area contributed by atoms with Crippen molar-refractivity contribution >= 4 is 16.9 Å². The van der Waals surface area contributed by atoms with Crippen LogP contribution in [0.5, 0.6) is 0 Å². The molecule has 1 amide bonds. The molecule has 6 heteroatoms. The molecule has 0 bridgehead atoms. The molecule has 28 heavy (non-hydrogen) atoms. The summed E-state index contributed by atoms with van der Waals surface area (Å²) in [5.41, 5.74) is 3.48. The van der Waals surface area contributed by atoms with Gasteiger partial charge in [0.2, 0.25) is 5.91 Å². The predicted molar refractivity (Wildman–Crippen MR) is 108 cm³/mol. The van der Waals surface area contributed by atoms with Crippen LogP contribution in [-0.2, 0) is 24.2 Å². The highest BCUT2D eigenvalue weighted by Crippen LogP contribution is 2.22. The number of nitrogens with zero attached hydrogens (tertiary/aromatic N) is 3. The van der Waals surface area contributed by atoms with Crippen molar-refractivity contribution in [3.05, 3.63) is 69.9 Å². The molecule has 0 fully saturated rings.